The lowest BCUT2D eigenvalue weighted by Gasteiger charge is -2.18. The van der Waals surface area contributed by atoms with Crippen LogP contribution in [0.5, 0.6) is 0 Å². The highest BCUT2D eigenvalue weighted by Crippen LogP contribution is 2.33. The number of anilines is 1. The average molecular weight is 409 g/mol. The zero-order valence-electron chi connectivity index (χ0n) is 15.8. The highest BCUT2D eigenvalue weighted by atomic mass is 19.4. The number of aryl methyl sites for hydroxylation is 2. The van der Waals surface area contributed by atoms with Gasteiger partial charge in [0.15, 0.2) is 0 Å². The van der Waals surface area contributed by atoms with Crippen LogP contribution in [0.1, 0.15) is 44.0 Å². The smallest absolute Gasteiger partial charge is 0.336 e. The Balaban J connectivity index is 1.93. The number of alkyl halides is 4. The average Bonchev–Trinajstić information content (AvgIpc) is 3.06. The number of carbonyl (C=O) groups excluding carboxylic acids is 2. The van der Waals surface area contributed by atoms with Gasteiger partial charge >= 0.3 is 6.18 Å². The maximum atomic E-state index is 13.4. The van der Waals surface area contributed by atoms with E-state index in [9.17, 15) is 27.2 Å². The Labute approximate surface area is 164 Å². The number of halogens is 4. The van der Waals surface area contributed by atoms with Gasteiger partial charge in [0.05, 0.1) is 17.7 Å². The van der Waals surface area contributed by atoms with E-state index < -0.39 is 29.7 Å². The number of hydrogen-bond acceptors (Lipinski definition) is 3. The largest absolute Gasteiger partial charge is 0.416 e. The van der Waals surface area contributed by atoms with E-state index in [2.05, 4.69) is 10.3 Å². The first-order chi connectivity index (χ1) is 13.5. The quantitative estimate of drug-likeness (QED) is 0.775. The van der Waals surface area contributed by atoms with E-state index in [0.717, 1.165) is 12.1 Å². The van der Waals surface area contributed by atoms with Crippen LogP contribution in [0.3, 0.4) is 0 Å². The van der Waals surface area contributed by atoms with Gasteiger partial charge in [0.2, 0.25) is 0 Å². The molecule has 1 aromatic heterocycles. The molecule has 0 radical (unpaired) electrons. The summed E-state index contributed by atoms with van der Waals surface area (Å²) >= 11 is 0. The van der Waals surface area contributed by atoms with E-state index in [1.165, 1.54) is 11.1 Å². The molecule has 2 aromatic rings. The fourth-order valence-corrected chi connectivity index (χ4v) is 3.20. The predicted molar refractivity (Wildman–Crippen MR) is 98.5 cm³/mol. The van der Waals surface area contributed by atoms with Crippen LogP contribution in [0.15, 0.2) is 30.5 Å². The molecule has 29 heavy (non-hydrogen) atoms. The van der Waals surface area contributed by atoms with Crippen molar-refractivity contribution < 1.29 is 27.2 Å². The first-order valence-corrected chi connectivity index (χ1v) is 8.95. The minimum absolute atomic E-state index is 0.131. The normalized spacial score (nSPS) is 16.8. The van der Waals surface area contributed by atoms with Gasteiger partial charge in [-0.3, -0.25) is 14.6 Å². The van der Waals surface area contributed by atoms with Crippen LogP contribution in [0.2, 0.25) is 0 Å². The Hall–Kier alpha value is -2.97. The van der Waals surface area contributed by atoms with Gasteiger partial charge in [-0.2, -0.15) is 13.2 Å². The molecule has 3 rings (SSSR count). The first-order valence-electron chi connectivity index (χ1n) is 8.95. The van der Waals surface area contributed by atoms with Crippen LogP contribution in [0.25, 0.3) is 0 Å². The van der Waals surface area contributed by atoms with Crippen LogP contribution in [-0.2, 0) is 6.18 Å². The molecule has 1 N–H and O–H groups in total. The van der Waals surface area contributed by atoms with Crippen molar-refractivity contribution in [2.75, 3.05) is 18.4 Å². The molecule has 0 unspecified atom stereocenters. The Kier molecular flexibility index (Phi) is 5.59. The Morgan fingerprint density at radius 2 is 1.90 bits per heavy atom. The molecule has 0 saturated carbocycles. The molecule has 1 atom stereocenters. The monoisotopic (exact) mass is 409 g/mol. The molecule has 5 nitrogen and oxygen atoms in total. The minimum Gasteiger partial charge on any atom is -0.336 e. The number of amides is 2. The molecule has 1 aliphatic heterocycles. The van der Waals surface area contributed by atoms with Crippen LogP contribution < -0.4 is 5.32 Å². The minimum atomic E-state index is -4.72. The highest BCUT2D eigenvalue weighted by Gasteiger charge is 2.33. The number of hydrogen-bond donors (Lipinski definition) is 1. The summed E-state index contributed by atoms with van der Waals surface area (Å²) in [5.74, 6) is -1.35. The third-order valence-corrected chi connectivity index (χ3v) is 4.68. The molecule has 2 heterocycles. The zero-order valence-corrected chi connectivity index (χ0v) is 15.8. The summed E-state index contributed by atoms with van der Waals surface area (Å²) in [4.78, 5) is 30.2. The summed E-state index contributed by atoms with van der Waals surface area (Å²) in [5.41, 5.74) is 0.00772. The summed E-state index contributed by atoms with van der Waals surface area (Å²) < 4.78 is 53.3. The molecule has 1 aromatic carbocycles. The van der Waals surface area contributed by atoms with E-state index in [-0.39, 0.29) is 36.3 Å². The van der Waals surface area contributed by atoms with E-state index in [1.54, 1.807) is 19.9 Å². The van der Waals surface area contributed by atoms with Crippen molar-refractivity contribution in [1.29, 1.82) is 0 Å². The molecule has 1 aliphatic rings. The zero-order chi connectivity index (χ0) is 21.3. The van der Waals surface area contributed by atoms with Gasteiger partial charge < -0.3 is 10.2 Å². The fraction of sp³-hybridized carbons (Fsp3) is 0.350. The first kappa shape index (κ1) is 20.8. The molecule has 9 heteroatoms. The number of carbonyl (C=O) groups is 2. The highest BCUT2D eigenvalue weighted by molar-refractivity contribution is 6.06. The van der Waals surface area contributed by atoms with Gasteiger partial charge in [0.1, 0.15) is 6.17 Å². The number of likely N-dealkylation sites (tertiary alicyclic amines) is 1. The second kappa shape index (κ2) is 7.81. The van der Waals surface area contributed by atoms with Crippen LogP contribution >= 0.6 is 0 Å². The lowest BCUT2D eigenvalue weighted by molar-refractivity contribution is -0.137. The molecule has 154 valence electrons. The van der Waals surface area contributed by atoms with Crippen LogP contribution in [0.4, 0.5) is 23.2 Å². The third-order valence-electron chi connectivity index (χ3n) is 4.68. The number of nitrogens with zero attached hydrogens (tertiary/aromatic N) is 2. The van der Waals surface area contributed by atoms with Gasteiger partial charge in [-0.05, 0) is 50.1 Å². The van der Waals surface area contributed by atoms with Gasteiger partial charge in [-0.25, -0.2) is 4.39 Å². The van der Waals surface area contributed by atoms with Gasteiger partial charge in [-0.1, -0.05) is 0 Å². The Morgan fingerprint density at radius 3 is 2.48 bits per heavy atom. The van der Waals surface area contributed by atoms with Crippen LogP contribution in [-0.4, -0.2) is 41.0 Å². The third kappa shape index (κ3) is 4.72. The van der Waals surface area contributed by atoms with E-state index in [1.807, 2.05) is 0 Å². The van der Waals surface area contributed by atoms with Gasteiger partial charge in [-0.15, -0.1) is 0 Å². The van der Waals surface area contributed by atoms with Crippen molar-refractivity contribution in [2.45, 2.75) is 32.6 Å². The molecule has 0 bridgehead atoms. The van der Waals surface area contributed by atoms with Crippen molar-refractivity contribution in [3.05, 3.63) is 58.4 Å². The topological polar surface area (TPSA) is 62.3 Å². The lowest BCUT2D eigenvalue weighted by atomic mass is 10.1. The summed E-state index contributed by atoms with van der Waals surface area (Å²) in [6.07, 6.45) is -4.43. The summed E-state index contributed by atoms with van der Waals surface area (Å²) in [6.45, 7) is 3.41. The standard InChI is InChI=1S/C20H19F4N3O2/c1-11-5-12(2)25-9-17(11)18(28)26-16-7-13(6-14(8-16)20(22,23)24)19(29)27-4-3-15(21)10-27/h5-9,15H,3-4,10H2,1-2H3,(H,26,28)/t15-/m0/s1. The SMILES string of the molecule is Cc1cc(C)c(C(=O)Nc2cc(C(=O)N3CC[C@H](F)C3)cc(C(F)(F)F)c2)cn1. The van der Waals surface area contributed by atoms with Crippen molar-refractivity contribution >= 4 is 17.5 Å². The number of rotatable bonds is 3. The predicted octanol–water partition coefficient (Wildman–Crippen LogP) is 4.15. The summed E-state index contributed by atoms with van der Waals surface area (Å²) in [5, 5.41) is 2.40. The molecular weight excluding hydrogens is 390 g/mol. The number of nitrogens with one attached hydrogen (secondary N) is 1. The summed E-state index contributed by atoms with van der Waals surface area (Å²) in [7, 11) is 0. The van der Waals surface area contributed by atoms with Crippen molar-refractivity contribution in [2.24, 2.45) is 0 Å². The van der Waals surface area contributed by atoms with Gasteiger partial charge in [0.25, 0.3) is 11.8 Å². The fourth-order valence-electron chi connectivity index (χ4n) is 3.20. The number of benzene rings is 1. The molecule has 1 saturated heterocycles. The molecule has 0 aliphatic carbocycles. The molecule has 0 spiro atoms. The van der Waals surface area contributed by atoms with Gasteiger partial charge in [0, 0.05) is 29.7 Å². The van der Waals surface area contributed by atoms with Crippen molar-refractivity contribution in [3.63, 3.8) is 0 Å². The van der Waals surface area contributed by atoms with Crippen molar-refractivity contribution in [3.8, 4) is 0 Å². The number of pyridine rings is 1. The van der Waals surface area contributed by atoms with Crippen LogP contribution in [0, 0.1) is 13.8 Å². The molecule has 2 amide bonds. The van der Waals surface area contributed by atoms with E-state index in [0.29, 0.717) is 17.3 Å². The summed E-state index contributed by atoms with van der Waals surface area (Å²) in [6, 6.07) is 4.31. The van der Waals surface area contributed by atoms with Crippen molar-refractivity contribution in [1.82, 2.24) is 9.88 Å². The maximum Gasteiger partial charge on any atom is 0.416 e. The second-order valence-electron chi connectivity index (χ2n) is 7.03. The maximum absolute atomic E-state index is 13.4. The number of aromatic nitrogens is 1. The molecule has 1 fully saturated rings. The lowest BCUT2D eigenvalue weighted by Crippen LogP contribution is -2.29. The Morgan fingerprint density at radius 1 is 1.17 bits per heavy atom. The molecular formula is C20H19F4N3O2. The van der Waals surface area contributed by atoms with E-state index in [4.69, 9.17) is 0 Å². The Bertz CT molecular complexity index is 959. The van der Waals surface area contributed by atoms with E-state index >= 15 is 0 Å². The second-order valence-corrected chi connectivity index (χ2v) is 7.03.